The average Bonchev–Trinajstić information content (AvgIpc) is 2.99. The molecular formula is C19H24FN7O. The molecule has 0 aromatic carbocycles. The SMILES string of the molecule is Cc1nc2cnc(Nc3ccnc(N4CC[C@H](O)[C@H](F)C4)n3)cc2n1C(C)C. The number of hydrogen-bond donors (Lipinski definition) is 2. The average molecular weight is 385 g/mol. The van der Waals surface area contributed by atoms with Gasteiger partial charge in [-0.25, -0.2) is 19.3 Å². The maximum absolute atomic E-state index is 13.8. The van der Waals surface area contributed by atoms with Gasteiger partial charge in [0.05, 0.1) is 24.4 Å². The van der Waals surface area contributed by atoms with Gasteiger partial charge in [-0.1, -0.05) is 0 Å². The Morgan fingerprint density at radius 3 is 2.82 bits per heavy atom. The number of aliphatic hydroxyl groups is 1. The lowest BCUT2D eigenvalue weighted by Crippen LogP contribution is -2.45. The molecule has 148 valence electrons. The van der Waals surface area contributed by atoms with Crippen LogP contribution in [0.2, 0.25) is 0 Å². The van der Waals surface area contributed by atoms with E-state index in [4.69, 9.17) is 0 Å². The Morgan fingerprint density at radius 1 is 1.25 bits per heavy atom. The first kappa shape index (κ1) is 18.5. The van der Waals surface area contributed by atoms with Crippen molar-refractivity contribution in [3.63, 3.8) is 0 Å². The molecule has 1 aliphatic heterocycles. The summed E-state index contributed by atoms with van der Waals surface area (Å²) in [6.07, 6.45) is 1.52. The number of fused-ring (bicyclic) bond motifs is 1. The predicted octanol–water partition coefficient (Wildman–Crippen LogP) is 2.76. The van der Waals surface area contributed by atoms with Gasteiger partial charge in [0.25, 0.3) is 0 Å². The van der Waals surface area contributed by atoms with E-state index in [0.29, 0.717) is 30.5 Å². The Kier molecular flexibility index (Phi) is 4.84. The van der Waals surface area contributed by atoms with Crippen molar-refractivity contribution in [3.8, 4) is 0 Å². The highest BCUT2D eigenvalue weighted by molar-refractivity contribution is 5.79. The second-order valence-corrected chi connectivity index (χ2v) is 7.37. The van der Waals surface area contributed by atoms with Crippen LogP contribution in [0.3, 0.4) is 0 Å². The number of anilines is 3. The number of aromatic nitrogens is 5. The molecule has 0 unspecified atom stereocenters. The molecule has 1 fully saturated rings. The Morgan fingerprint density at radius 2 is 2.07 bits per heavy atom. The zero-order chi connectivity index (χ0) is 19.8. The lowest BCUT2D eigenvalue weighted by molar-refractivity contribution is 0.0612. The van der Waals surface area contributed by atoms with E-state index in [1.54, 1.807) is 23.4 Å². The predicted molar refractivity (Wildman–Crippen MR) is 106 cm³/mol. The highest BCUT2D eigenvalue weighted by Crippen LogP contribution is 2.24. The fourth-order valence-electron chi connectivity index (χ4n) is 3.62. The smallest absolute Gasteiger partial charge is 0.227 e. The van der Waals surface area contributed by atoms with Crippen LogP contribution >= 0.6 is 0 Å². The summed E-state index contributed by atoms with van der Waals surface area (Å²) in [6, 6.07) is 3.98. The summed E-state index contributed by atoms with van der Waals surface area (Å²) in [6.45, 7) is 6.82. The zero-order valence-electron chi connectivity index (χ0n) is 16.2. The molecule has 1 saturated heterocycles. The summed E-state index contributed by atoms with van der Waals surface area (Å²) in [5.41, 5.74) is 1.85. The molecule has 28 heavy (non-hydrogen) atoms. The first-order valence-electron chi connectivity index (χ1n) is 9.44. The van der Waals surface area contributed by atoms with Gasteiger partial charge in [0.15, 0.2) is 0 Å². The van der Waals surface area contributed by atoms with Crippen molar-refractivity contribution in [2.75, 3.05) is 23.3 Å². The van der Waals surface area contributed by atoms with Crippen LogP contribution in [-0.4, -0.2) is 55.0 Å². The lowest BCUT2D eigenvalue weighted by Gasteiger charge is -2.32. The maximum atomic E-state index is 13.8. The van der Waals surface area contributed by atoms with Crippen molar-refractivity contribution in [2.45, 2.75) is 45.5 Å². The molecule has 0 radical (unpaired) electrons. The van der Waals surface area contributed by atoms with E-state index in [1.165, 1.54) is 0 Å². The fourth-order valence-corrected chi connectivity index (χ4v) is 3.62. The molecule has 8 nitrogen and oxygen atoms in total. The number of aryl methyl sites for hydroxylation is 1. The van der Waals surface area contributed by atoms with E-state index in [-0.39, 0.29) is 12.6 Å². The first-order chi connectivity index (χ1) is 13.4. The van der Waals surface area contributed by atoms with E-state index < -0.39 is 12.3 Å². The van der Waals surface area contributed by atoms with E-state index in [9.17, 15) is 9.50 Å². The molecule has 9 heteroatoms. The van der Waals surface area contributed by atoms with E-state index in [0.717, 1.165) is 16.9 Å². The summed E-state index contributed by atoms with van der Waals surface area (Å²) in [4.78, 5) is 19.5. The van der Waals surface area contributed by atoms with Crippen LogP contribution in [0.4, 0.5) is 22.0 Å². The molecular weight excluding hydrogens is 361 g/mol. The molecule has 0 amide bonds. The van der Waals surface area contributed by atoms with E-state index in [2.05, 4.69) is 43.7 Å². The molecule has 4 heterocycles. The second-order valence-electron chi connectivity index (χ2n) is 7.37. The topological polar surface area (TPSA) is 92.0 Å². The number of nitrogens with zero attached hydrogens (tertiary/aromatic N) is 6. The third-order valence-electron chi connectivity index (χ3n) is 4.96. The number of hydrogen-bond acceptors (Lipinski definition) is 7. The van der Waals surface area contributed by atoms with Gasteiger partial charge in [0.1, 0.15) is 29.1 Å². The largest absolute Gasteiger partial charge is 0.390 e. The van der Waals surface area contributed by atoms with Gasteiger partial charge in [-0.2, -0.15) is 4.98 Å². The Labute approximate surface area is 162 Å². The molecule has 0 aliphatic carbocycles. The van der Waals surface area contributed by atoms with Crippen LogP contribution in [0.15, 0.2) is 24.5 Å². The summed E-state index contributed by atoms with van der Waals surface area (Å²) in [7, 11) is 0. The number of pyridine rings is 1. The van der Waals surface area contributed by atoms with Crippen LogP contribution in [0.25, 0.3) is 11.0 Å². The van der Waals surface area contributed by atoms with Gasteiger partial charge in [-0.3, -0.25) is 0 Å². The van der Waals surface area contributed by atoms with Crippen molar-refractivity contribution >= 4 is 28.6 Å². The number of imidazole rings is 1. The number of piperidine rings is 1. The van der Waals surface area contributed by atoms with Crippen molar-refractivity contribution in [1.29, 1.82) is 0 Å². The van der Waals surface area contributed by atoms with Gasteiger partial charge >= 0.3 is 0 Å². The minimum Gasteiger partial charge on any atom is -0.390 e. The summed E-state index contributed by atoms with van der Waals surface area (Å²) in [5, 5.41) is 12.8. The van der Waals surface area contributed by atoms with Crippen molar-refractivity contribution in [1.82, 2.24) is 24.5 Å². The monoisotopic (exact) mass is 385 g/mol. The Balaban J connectivity index is 1.58. The van der Waals surface area contributed by atoms with Crippen LogP contribution in [-0.2, 0) is 0 Å². The van der Waals surface area contributed by atoms with Crippen molar-refractivity contribution < 1.29 is 9.50 Å². The number of rotatable bonds is 4. The van der Waals surface area contributed by atoms with E-state index >= 15 is 0 Å². The Hall–Kier alpha value is -2.81. The third-order valence-corrected chi connectivity index (χ3v) is 4.96. The second kappa shape index (κ2) is 7.31. The number of halogens is 1. The number of nitrogens with one attached hydrogen (secondary N) is 1. The minimum atomic E-state index is -1.29. The van der Waals surface area contributed by atoms with Crippen LogP contribution in [0, 0.1) is 6.92 Å². The summed E-state index contributed by atoms with van der Waals surface area (Å²) in [5.74, 6) is 2.60. The fraction of sp³-hybridized carbons (Fsp3) is 0.474. The van der Waals surface area contributed by atoms with Gasteiger partial charge in [0, 0.05) is 24.8 Å². The Bertz CT molecular complexity index is 990. The number of aliphatic hydroxyl groups excluding tert-OH is 1. The molecule has 0 saturated carbocycles. The normalized spacial score (nSPS) is 20.1. The summed E-state index contributed by atoms with van der Waals surface area (Å²) < 4.78 is 16.0. The lowest BCUT2D eigenvalue weighted by atomic mass is 10.1. The molecule has 0 spiro atoms. The van der Waals surface area contributed by atoms with Crippen LogP contribution < -0.4 is 10.2 Å². The molecule has 2 N–H and O–H groups in total. The molecule has 1 aliphatic rings. The molecule has 3 aromatic heterocycles. The van der Waals surface area contributed by atoms with Gasteiger partial charge < -0.3 is 19.9 Å². The minimum absolute atomic E-state index is 0.0850. The maximum Gasteiger partial charge on any atom is 0.227 e. The van der Waals surface area contributed by atoms with Crippen molar-refractivity contribution in [2.24, 2.45) is 0 Å². The third kappa shape index (κ3) is 3.49. The van der Waals surface area contributed by atoms with Gasteiger partial charge in [0.2, 0.25) is 5.95 Å². The van der Waals surface area contributed by atoms with Gasteiger partial charge in [-0.05, 0) is 33.3 Å². The number of alkyl halides is 1. The molecule has 3 aromatic rings. The van der Waals surface area contributed by atoms with Crippen LogP contribution in [0.5, 0.6) is 0 Å². The molecule has 0 bridgehead atoms. The highest BCUT2D eigenvalue weighted by Gasteiger charge is 2.28. The molecule has 4 rings (SSSR count). The van der Waals surface area contributed by atoms with E-state index in [1.807, 2.05) is 13.0 Å². The molecule has 2 atom stereocenters. The zero-order valence-corrected chi connectivity index (χ0v) is 16.2. The highest BCUT2D eigenvalue weighted by atomic mass is 19.1. The quantitative estimate of drug-likeness (QED) is 0.713. The summed E-state index contributed by atoms with van der Waals surface area (Å²) >= 11 is 0. The van der Waals surface area contributed by atoms with Crippen molar-refractivity contribution in [3.05, 3.63) is 30.4 Å². The standard InChI is InChI=1S/C19H24FN7O/c1-11(2)27-12(3)23-14-9-22-18(8-15(14)27)24-17-4-6-21-19(25-17)26-7-5-16(28)13(20)10-26/h4,6,8-9,11,13,16,28H,5,7,10H2,1-3H3,(H,21,22,24,25)/t13-,16+/m1/s1. The van der Waals surface area contributed by atoms with Crippen LogP contribution in [0.1, 0.15) is 32.1 Å². The van der Waals surface area contributed by atoms with Gasteiger partial charge in [-0.15, -0.1) is 0 Å². The first-order valence-corrected chi connectivity index (χ1v) is 9.44.